The molecule has 0 aliphatic carbocycles. The van der Waals surface area contributed by atoms with Crippen LogP contribution in [-0.2, 0) is 6.54 Å². The van der Waals surface area contributed by atoms with Crippen LogP contribution in [0.1, 0.15) is 51.6 Å². The predicted octanol–water partition coefficient (Wildman–Crippen LogP) is 2.12. The Morgan fingerprint density at radius 3 is 2.00 bits per heavy atom. The van der Waals surface area contributed by atoms with Gasteiger partial charge in [0.2, 0.25) is 0 Å². The molecule has 1 atom stereocenters. The van der Waals surface area contributed by atoms with E-state index in [1.54, 1.807) is 24.3 Å². The summed E-state index contributed by atoms with van der Waals surface area (Å²) in [6, 6.07) is 15.7. The SMILES string of the molecule is CC(C)c1ccc(C[NH+](C)CCN2C(=O)c3ccccc3C2=O)cc1. The Balaban J connectivity index is 1.57. The quantitative estimate of drug-likeness (QED) is 0.821. The molecule has 4 heteroatoms. The number of hydrogen-bond acceptors (Lipinski definition) is 2. The number of nitrogens with zero attached hydrogens (tertiary/aromatic N) is 1. The molecular formula is C21H25N2O2+. The van der Waals surface area contributed by atoms with Gasteiger partial charge in [0.05, 0.1) is 31.3 Å². The zero-order valence-corrected chi connectivity index (χ0v) is 15.1. The molecule has 4 nitrogen and oxygen atoms in total. The topological polar surface area (TPSA) is 41.8 Å². The molecule has 1 aliphatic heterocycles. The van der Waals surface area contributed by atoms with Crippen LogP contribution in [0.5, 0.6) is 0 Å². The predicted molar refractivity (Wildman–Crippen MR) is 97.8 cm³/mol. The molecule has 2 aromatic rings. The van der Waals surface area contributed by atoms with Crippen molar-refractivity contribution in [1.29, 1.82) is 0 Å². The molecule has 1 heterocycles. The fraction of sp³-hybridized carbons (Fsp3) is 0.333. The number of carbonyl (C=O) groups excluding carboxylic acids is 2. The molecule has 0 spiro atoms. The summed E-state index contributed by atoms with van der Waals surface area (Å²) in [6.45, 7) is 6.43. The van der Waals surface area contributed by atoms with Crippen molar-refractivity contribution in [2.24, 2.45) is 0 Å². The van der Waals surface area contributed by atoms with Gasteiger partial charge < -0.3 is 4.90 Å². The number of amides is 2. The highest BCUT2D eigenvalue weighted by molar-refractivity contribution is 6.21. The van der Waals surface area contributed by atoms with Gasteiger partial charge in [-0.15, -0.1) is 0 Å². The molecular weight excluding hydrogens is 312 g/mol. The lowest BCUT2D eigenvalue weighted by Gasteiger charge is -2.18. The van der Waals surface area contributed by atoms with Crippen LogP contribution in [0.3, 0.4) is 0 Å². The fourth-order valence-electron chi connectivity index (χ4n) is 3.20. The Labute approximate surface area is 149 Å². The average Bonchev–Trinajstić information content (AvgIpc) is 2.85. The monoisotopic (exact) mass is 337 g/mol. The normalized spacial score (nSPS) is 15.0. The number of rotatable bonds is 6. The van der Waals surface area contributed by atoms with Gasteiger partial charge in [-0.05, 0) is 23.6 Å². The number of benzene rings is 2. The number of quaternary nitrogens is 1. The number of fused-ring (bicyclic) bond motifs is 1. The Morgan fingerprint density at radius 2 is 1.48 bits per heavy atom. The van der Waals surface area contributed by atoms with Gasteiger partial charge >= 0.3 is 0 Å². The maximum atomic E-state index is 12.4. The van der Waals surface area contributed by atoms with Gasteiger partial charge in [0, 0.05) is 5.56 Å². The third-order valence-electron chi connectivity index (χ3n) is 4.79. The number of likely N-dealkylation sites (N-methyl/N-ethyl adjacent to an activating group) is 1. The van der Waals surface area contributed by atoms with E-state index in [4.69, 9.17) is 0 Å². The highest BCUT2D eigenvalue weighted by Crippen LogP contribution is 2.21. The van der Waals surface area contributed by atoms with E-state index in [-0.39, 0.29) is 11.8 Å². The first-order valence-electron chi connectivity index (χ1n) is 8.82. The Kier molecular flexibility index (Phi) is 5.00. The second kappa shape index (κ2) is 7.19. The van der Waals surface area contributed by atoms with Crippen molar-refractivity contribution in [2.75, 3.05) is 20.1 Å². The Hall–Kier alpha value is -2.46. The highest BCUT2D eigenvalue weighted by Gasteiger charge is 2.35. The molecule has 0 fully saturated rings. The largest absolute Gasteiger partial charge is 0.332 e. The van der Waals surface area contributed by atoms with Crippen LogP contribution in [-0.4, -0.2) is 36.9 Å². The van der Waals surface area contributed by atoms with E-state index >= 15 is 0 Å². The van der Waals surface area contributed by atoms with Crippen molar-refractivity contribution in [3.05, 3.63) is 70.8 Å². The lowest BCUT2D eigenvalue weighted by atomic mass is 10.0. The minimum atomic E-state index is -0.172. The molecule has 0 bridgehead atoms. The Morgan fingerprint density at radius 1 is 0.920 bits per heavy atom. The minimum absolute atomic E-state index is 0.172. The zero-order chi connectivity index (χ0) is 18.0. The summed E-state index contributed by atoms with van der Waals surface area (Å²) in [5.74, 6) is 0.192. The van der Waals surface area contributed by atoms with Gasteiger partial charge in [0.1, 0.15) is 6.54 Å². The van der Waals surface area contributed by atoms with Crippen molar-refractivity contribution in [1.82, 2.24) is 4.90 Å². The van der Waals surface area contributed by atoms with Crippen molar-refractivity contribution in [2.45, 2.75) is 26.3 Å². The van der Waals surface area contributed by atoms with E-state index in [0.717, 1.165) is 13.1 Å². The molecule has 2 amide bonds. The fourth-order valence-corrected chi connectivity index (χ4v) is 3.20. The van der Waals surface area contributed by atoms with Crippen molar-refractivity contribution >= 4 is 11.8 Å². The van der Waals surface area contributed by atoms with Gasteiger partial charge in [0.15, 0.2) is 0 Å². The summed E-state index contributed by atoms with van der Waals surface area (Å²) in [5, 5.41) is 0. The summed E-state index contributed by atoms with van der Waals surface area (Å²) in [6.07, 6.45) is 0. The van der Waals surface area contributed by atoms with Gasteiger partial charge in [-0.25, -0.2) is 0 Å². The molecule has 1 unspecified atom stereocenters. The maximum Gasteiger partial charge on any atom is 0.261 e. The van der Waals surface area contributed by atoms with Crippen molar-refractivity contribution in [3.63, 3.8) is 0 Å². The van der Waals surface area contributed by atoms with E-state index in [9.17, 15) is 9.59 Å². The molecule has 3 rings (SSSR count). The first-order chi connectivity index (χ1) is 12.0. The van der Waals surface area contributed by atoms with Crippen LogP contribution in [0, 0.1) is 0 Å². The van der Waals surface area contributed by atoms with Crippen molar-refractivity contribution in [3.8, 4) is 0 Å². The molecule has 130 valence electrons. The summed E-state index contributed by atoms with van der Waals surface area (Å²) >= 11 is 0. The molecule has 0 saturated carbocycles. The molecule has 1 N–H and O–H groups in total. The van der Waals surface area contributed by atoms with E-state index in [1.807, 2.05) is 0 Å². The summed E-state index contributed by atoms with van der Waals surface area (Å²) in [5.41, 5.74) is 3.65. The average molecular weight is 337 g/mol. The van der Waals surface area contributed by atoms with Crippen LogP contribution < -0.4 is 4.90 Å². The van der Waals surface area contributed by atoms with Gasteiger partial charge in [-0.1, -0.05) is 50.2 Å². The second-order valence-electron chi connectivity index (χ2n) is 7.09. The lowest BCUT2D eigenvalue weighted by Crippen LogP contribution is -3.08. The second-order valence-corrected chi connectivity index (χ2v) is 7.09. The van der Waals surface area contributed by atoms with Crippen LogP contribution in [0.15, 0.2) is 48.5 Å². The number of imide groups is 1. The highest BCUT2D eigenvalue weighted by atomic mass is 16.2. The van der Waals surface area contributed by atoms with Crippen LogP contribution >= 0.6 is 0 Å². The zero-order valence-electron chi connectivity index (χ0n) is 15.1. The van der Waals surface area contributed by atoms with Crippen molar-refractivity contribution < 1.29 is 14.5 Å². The van der Waals surface area contributed by atoms with Crippen LogP contribution in [0.2, 0.25) is 0 Å². The molecule has 25 heavy (non-hydrogen) atoms. The third kappa shape index (κ3) is 3.64. The molecule has 1 aliphatic rings. The maximum absolute atomic E-state index is 12.4. The van der Waals surface area contributed by atoms with E-state index < -0.39 is 0 Å². The molecule has 0 aromatic heterocycles. The molecule has 0 radical (unpaired) electrons. The minimum Gasteiger partial charge on any atom is -0.332 e. The third-order valence-corrected chi connectivity index (χ3v) is 4.79. The Bertz CT molecular complexity index is 746. The first kappa shape index (κ1) is 17.4. The molecule has 0 saturated heterocycles. The van der Waals surface area contributed by atoms with Gasteiger partial charge in [-0.2, -0.15) is 0 Å². The number of hydrogen-bond donors (Lipinski definition) is 1. The van der Waals surface area contributed by atoms with Gasteiger partial charge in [0.25, 0.3) is 11.8 Å². The standard InChI is InChI=1S/C21H24N2O2/c1-15(2)17-10-8-16(9-11-17)14-22(3)12-13-23-20(24)18-6-4-5-7-19(18)21(23)25/h4-11,15H,12-14H2,1-3H3/p+1. The van der Waals surface area contributed by atoms with Gasteiger partial charge in [-0.3, -0.25) is 14.5 Å². The van der Waals surface area contributed by atoms with Crippen LogP contribution in [0.4, 0.5) is 0 Å². The van der Waals surface area contributed by atoms with E-state index in [1.165, 1.54) is 20.9 Å². The molecule has 2 aromatic carbocycles. The van der Waals surface area contributed by atoms with E-state index in [2.05, 4.69) is 45.2 Å². The summed E-state index contributed by atoms with van der Waals surface area (Å²) in [7, 11) is 2.09. The smallest absolute Gasteiger partial charge is 0.261 e. The number of carbonyl (C=O) groups is 2. The number of nitrogens with one attached hydrogen (secondary N) is 1. The summed E-state index contributed by atoms with van der Waals surface area (Å²) in [4.78, 5) is 27.4. The van der Waals surface area contributed by atoms with E-state index in [0.29, 0.717) is 23.6 Å². The lowest BCUT2D eigenvalue weighted by molar-refractivity contribution is -0.892. The first-order valence-corrected chi connectivity index (χ1v) is 8.82. The summed E-state index contributed by atoms with van der Waals surface area (Å²) < 4.78 is 0. The van der Waals surface area contributed by atoms with Crippen LogP contribution in [0.25, 0.3) is 0 Å².